The smallest absolute Gasteiger partial charge is 0.261 e. The predicted molar refractivity (Wildman–Crippen MR) is 107 cm³/mol. The molecule has 0 bridgehead atoms. The molecular weight excluding hydrogens is 356 g/mol. The fraction of sp³-hybridized carbons (Fsp3) is 0.381. The lowest BCUT2D eigenvalue weighted by Crippen LogP contribution is -2.40. The van der Waals surface area contributed by atoms with Gasteiger partial charge in [0.25, 0.3) is 11.8 Å². The van der Waals surface area contributed by atoms with Gasteiger partial charge < -0.3 is 4.43 Å². The average molecular weight is 383 g/mol. The first-order chi connectivity index (χ1) is 12.6. The molecule has 0 aliphatic carbocycles. The molecule has 0 atom stereocenters. The fourth-order valence-electron chi connectivity index (χ4n) is 2.75. The van der Waals surface area contributed by atoms with Crippen LogP contribution >= 0.6 is 0 Å². The van der Waals surface area contributed by atoms with Gasteiger partial charge in [0.2, 0.25) is 0 Å². The SMILES string of the molecule is CC(C)(C)[Si](C)(C)OCc1cncc(CN2C(=O)c3ccccc3C2=O)c1. The van der Waals surface area contributed by atoms with E-state index in [-0.39, 0.29) is 23.4 Å². The molecule has 0 saturated heterocycles. The molecule has 0 N–H and O–H groups in total. The number of nitrogens with zero attached hydrogens (tertiary/aromatic N) is 2. The molecule has 0 saturated carbocycles. The Morgan fingerprint density at radius 3 is 2.11 bits per heavy atom. The second-order valence-corrected chi connectivity index (χ2v) is 13.3. The Bertz CT molecular complexity index is 852. The maximum absolute atomic E-state index is 12.5. The standard InChI is InChI=1S/C21H26N2O3Si/c1-21(2,3)27(4,5)26-14-16-10-15(11-22-12-16)13-23-19(24)17-8-6-7-9-18(17)20(23)25/h6-12H,13-14H2,1-5H3. The number of fused-ring (bicyclic) bond motifs is 1. The van der Waals surface area contributed by atoms with Crippen LogP contribution < -0.4 is 0 Å². The molecule has 1 aromatic heterocycles. The minimum atomic E-state index is -1.85. The highest BCUT2D eigenvalue weighted by atomic mass is 28.4. The number of rotatable bonds is 5. The summed E-state index contributed by atoms with van der Waals surface area (Å²) in [5.41, 5.74) is 2.70. The van der Waals surface area contributed by atoms with E-state index in [0.29, 0.717) is 17.7 Å². The second kappa shape index (κ2) is 7.02. The summed E-state index contributed by atoms with van der Waals surface area (Å²) < 4.78 is 6.25. The van der Waals surface area contributed by atoms with Crippen molar-refractivity contribution >= 4 is 20.1 Å². The van der Waals surface area contributed by atoms with Gasteiger partial charge in [-0.3, -0.25) is 19.5 Å². The van der Waals surface area contributed by atoms with Crippen LogP contribution in [0.25, 0.3) is 0 Å². The van der Waals surface area contributed by atoms with Crippen molar-refractivity contribution in [3.63, 3.8) is 0 Å². The summed E-state index contributed by atoms with van der Waals surface area (Å²) in [6.07, 6.45) is 3.47. The van der Waals surface area contributed by atoms with Crippen LogP contribution in [0.4, 0.5) is 0 Å². The number of hydrogen-bond acceptors (Lipinski definition) is 4. The fourth-order valence-corrected chi connectivity index (χ4v) is 3.71. The molecule has 3 rings (SSSR count). The van der Waals surface area contributed by atoms with Crippen LogP contribution in [-0.2, 0) is 17.6 Å². The van der Waals surface area contributed by atoms with Crippen molar-refractivity contribution in [1.29, 1.82) is 0 Å². The topological polar surface area (TPSA) is 59.5 Å². The normalized spacial score (nSPS) is 14.6. The highest BCUT2D eigenvalue weighted by Crippen LogP contribution is 2.37. The summed E-state index contributed by atoms with van der Waals surface area (Å²) in [4.78, 5) is 30.6. The van der Waals surface area contributed by atoms with Crippen LogP contribution in [0.3, 0.4) is 0 Å². The zero-order valence-corrected chi connectivity index (χ0v) is 17.6. The van der Waals surface area contributed by atoms with Crippen molar-refractivity contribution in [3.8, 4) is 0 Å². The van der Waals surface area contributed by atoms with E-state index < -0.39 is 8.32 Å². The lowest BCUT2D eigenvalue weighted by molar-refractivity contribution is 0.0642. The van der Waals surface area contributed by atoms with Crippen molar-refractivity contribution in [3.05, 3.63) is 65.0 Å². The van der Waals surface area contributed by atoms with Gasteiger partial charge in [-0.2, -0.15) is 0 Å². The molecule has 0 fully saturated rings. The molecule has 0 spiro atoms. The van der Waals surface area contributed by atoms with E-state index in [2.05, 4.69) is 38.8 Å². The zero-order chi connectivity index (χ0) is 19.8. The highest BCUT2D eigenvalue weighted by molar-refractivity contribution is 6.74. The van der Waals surface area contributed by atoms with Crippen LogP contribution in [0, 0.1) is 0 Å². The van der Waals surface area contributed by atoms with Crippen LogP contribution in [-0.4, -0.2) is 30.0 Å². The van der Waals surface area contributed by atoms with E-state index >= 15 is 0 Å². The Morgan fingerprint density at radius 2 is 1.56 bits per heavy atom. The van der Waals surface area contributed by atoms with Crippen molar-refractivity contribution in [2.24, 2.45) is 0 Å². The Balaban J connectivity index is 1.72. The molecule has 2 heterocycles. The zero-order valence-electron chi connectivity index (χ0n) is 16.6. The number of pyridine rings is 1. The number of imide groups is 1. The molecule has 2 amide bonds. The van der Waals surface area contributed by atoms with E-state index in [4.69, 9.17) is 4.43 Å². The number of benzene rings is 1. The molecular formula is C21H26N2O3Si. The predicted octanol–water partition coefficient (Wildman–Crippen LogP) is 4.40. The van der Waals surface area contributed by atoms with Gasteiger partial charge >= 0.3 is 0 Å². The quantitative estimate of drug-likeness (QED) is 0.568. The van der Waals surface area contributed by atoms with E-state index in [1.807, 2.05) is 6.07 Å². The monoisotopic (exact) mass is 382 g/mol. The first-order valence-corrected chi connectivity index (χ1v) is 12.0. The lowest BCUT2D eigenvalue weighted by atomic mass is 10.1. The van der Waals surface area contributed by atoms with Gasteiger partial charge in [0.15, 0.2) is 8.32 Å². The third-order valence-corrected chi connectivity index (χ3v) is 9.95. The number of amides is 2. The number of carbonyl (C=O) groups excluding carboxylic acids is 2. The summed E-state index contributed by atoms with van der Waals surface area (Å²) in [5, 5.41) is 0.137. The summed E-state index contributed by atoms with van der Waals surface area (Å²) >= 11 is 0. The minimum absolute atomic E-state index is 0.137. The van der Waals surface area contributed by atoms with Gasteiger partial charge in [0.1, 0.15) is 0 Å². The van der Waals surface area contributed by atoms with E-state index in [0.717, 1.165) is 11.1 Å². The Labute approximate surface area is 161 Å². The van der Waals surface area contributed by atoms with Gasteiger partial charge in [-0.05, 0) is 47.5 Å². The summed E-state index contributed by atoms with van der Waals surface area (Å²) in [6, 6.07) is 8.89. The molecule has 5 nitrogen and oxygen atoms in total. The van der Waals surface area contributed by atoms with E-state index in [1.54, 1.807) is 36.7 Å². The lowest BCUT2D eigenvalue weighted by Gasteiger charge is -2.36. The van der Waals surface area contributed by atoms with Gasteiger partial charge in [-0.1, -0.05) is 32.9 Å². The molecule has 6 heteroatoms. The van der Waals surface area contributed by atoms with Crippen molar-refractivity contribution in [1.82, 2.24) is 9.88 Å². The molecule has 0 unspecified atom stereocenters. The molecule has 0 radical (unpaired) electrons. The summed E-state index contributed by atoms with van der Waals surface area (Å²) in [7, 11) is -1.85. The van der Waals surface area contributed by atoms with Crippen LogP contribution in [0.5, 0.6) is 0 Å². The van der Waals surface area contributed by atoms with Crippen molar-refractivity contribution in [2.45, 2.75) is 52.1 Å². The first-order valence-electron chi connectivity index (χ1n) is 9.12. The highest BCUT2D eigenvalue weighted by Gasteiger charge is 2.37. The molecule has 1 aromatic carbocycles. The minimum Gasteiger partial charge on any atom is -0.413 e. The van der Waals surface area contributed by atoms with Gasteiger partial charge in [0.05, 0.1) is 24.3 Å². The second-order valence-electron chi connectivity index (χ2n) is 8.49. The van der Waals surface area contributed by atoms with E-state index in [9.17, 15) is 9.59 Å². The van der Waals surface area contributed by atoms with Crippen LogP contribution in [0.1, 0.15) is 52.6 Å². The van der Waals surface area contributed by atoms with Crippen molar-refractivity contribution < 1.29 is 14.0 Å². The maximum Gasteiger partial charge on any atom is 0.261 e. The number of aromatic nitrogens is 1. The largest absolute Gasteiger partial charge is 0.413 e. The van der Waals surface area contributed by atoms with Crippen molar-refractivity contribution in [2.75, 3.05) is 0 Å². The molecule has 27 heavy (non-hydrogen) atoms. The third kappa shape index (κ3) is 3.87. The third-order valence-electron chi connectivity index (χ3n) is 5.48. The maximum atomic E-state index is 12.5. The molecule has 1 aliphatic heterocycles. The van der Waals surface area contributed by atoms with Gasteiger partial charge in [0, 0.05) is 12.4 Å². The van der Waals surface area contributed by atoms with Crippen LogP contribution in [0.15, 0.2) is 42.7 Å². The Hall–Kier alpha value is -2.31. The van der Waals surface area contributed by atoms with Crippen LogP contribution in [0.2, 0.25) is 18.1 Å². The van der Waals surface area contributed by atoms with E-state index in [1.165, 1.54) is 4.90 Å². The average Bonchev–Trinajstić information content (AvgIpc) is 2.85. The van der Waals surface area contributed by atoms with Gasteiger partial charge in [-0.25, -0.2) is 0 Å². The number of carbonyl (C=O) groups is 2. The number of hydrogen-bond donors (Lipinski definition) is 0. The Morgan fingerprint density at radius 1 is 1.00 bits per heavy atom. The molecule has 1 aliphatic rings. The first kappa shape index (κ1) is 19.4. The summed E-state index contributed by atoms with van der Waals surface area (Å²) in [5.74, 6) is -0.503. The molecule has 142 valence electrons. The Kier molecular flexibility index (Phi) is 5.05. The molecule has 2 aromatic rings. The van der Waals surface area contributed by atoms with Gasteiger partial charge in [-0.15, -0.1) is 0 Å². The summed E-state index contributed by atoms with van der Waals surface area (Å²) in [6.45, 7) is 11.7.